The fraction of sp³-hybridized carbons (Fsp3) is 0.375. The normalized spacial score (nSPS) is 10.9. The maximum absolute atomic E-state index is 10.7. The van der Waals surface area contributed by atoms with Crippen molar-refractivity contribution in [3.8, 4) is 0 Å². The van der Waals surface area contributed by atoms with Crippen molar-refractivity contribution in [3.63, 3.8) is 0 Å². The molecule has 0 atom stereocenters. The summed E-state index contributed by atoms with van der Waals surface area (Å²) in [5.74, 6) is 0.696. The van der Waals surface area contributed by atoms with Crippen LogP contribution in [0.3, 0.4) is 0 Å². The van der Waals surface area contributed by atoms with Crippen molar-refractivity contribution in [1.82, 2.24) is 15.6 Å². The number of guanidine groups is 1. The molecule has 0 aliphatic rings. The van der Waals surface area contributed by atoms with E-state index < -0.39 is 4.92 Å². The fourth-order valence-corrected chi connectivity index (χ4v) is 2.88. The summed E-state index contributed by atoms with van der Waals surface area (Å²) in [6, 6.07) is 6.43. The average molecular weight is 475 g/mol. The van der Waals surface area contributed by atoms with E-state index in [9.17, 15) is 10.1 Å². The Morgan fingerprint density at radius 2 is 1.96 bits per heavy atom. The van der Waals surface area contributed by atoms with Gasteiger partial charge >= 0.3 is 0 Å². The molecule has 2 aromatic rings. The van der Waals surface area contributed by atoms with E-state index in [0.29, 0.717) is 19.0 Å². The summed E-state index contributed by atoms with van der Waals surface area (Å²) in [5, 5.41) is 18.1. The molecule has 0 bridgehead atoms. The van der Waals surface area contributed by atoms with Crippen molar-refractivity contribution in [2.75, 3.05) is 6.54 Å². The molecule has 0 saturated carbocycles. The largest absolute Gasteiger partial charge is 0.357 e. The smallest absolute Gasteiger partial charge is 0.269 e. The minimum absolute atomic E-state index is 0. The Balaban J connectivity index is 0.00000312. The Hall–Kier alpha value is -1.75. The predicted octanol–water partition coefficient (Wildman–Crippen LogP) is 3.54. The minimum Gasteiger partial charge on any atom is -0.357 e. The topological polar surface area (TPSA) is 92.5 Å². The van der Waals surface area contributed by atoms with E-state index >= 15 is 0 Å². The first-order valence-corrected chi connectivity index (χ1v) is 8.49. The molecule has 0 spiro atoms. The van der Waals surface area contributed by atoms with Crippen LogP contribution in [-0.4, -0.2) is 22.4 Å². The van der Waals surface area contributed by atoms with Crippen LogP contribution in [-0.2, 0) is 13.1 Å². The number of nitro benzene ring substituents is 1. The Morgan fingerprint density at radius 1 is 1.28 bits per heavy atom. The number of nitrogens with one attached hydrogen (secondary N) is 2. The number of aryl methyl sites for hydroxylation is 2. The molecule has 0 radical (unpaired) electrons. The van der Waals surface area contributed by atoms with Crippen LogP contribution >= 0.6 is 35.3 Å². The van der Waals surface area contributed by atoms with Gasteiger partial charge in [-0.25, -0.2) is 9.98 Å². The second-order valence-corrected chi connectivity index (χ2v) is 6.51. The monoisotopic (exact) mass is 475 g/mol. The van der Waals surface area contributed by atoms with Gasteiger partial charge in [-0.3, -0.25) is 10.1 Å². The average Bonchev–Trinajstić information content (AvgIpc) is 2.88. The SMILES string of the molecule is CCNC(=NCc1ccc([N+](=O)[O-])cc1)NCc1nc(C)c(C)s1.I. The lowest BCUT2D eigenvalue weighted by Gasteiger charge is -2.10. The van der Waals surface area contributed by atoms with Crippen LogP contribution in [0.5, 0.6) is 0 Å². The summed E-state index contributed by atoms with van der Waals surface area (Å²) in [6.07, 6.45) is 0. The lowest BCUT2D eigenvalue weighted by atomic mass is 10.2. The molecule has 9 heteroatoms. The van der Waals surface area contributed by atoms with Crippen LogP contribution < -0.4 is 10.6 Å². The van der Waals surface area contributed by atoms with Gasteiger partial charge in [-0.05, 0) is 26.3 Å². The summed E-state index contributed by atoms with van der Waals surface area (Å²) in [6.45, 7) is 7.88. The fourth-order valence-electron chi connectivity index (χ4n) is 2.01. The van der Waals surface area contributed by atoms with E-state index in [1.165, 1.54) is 17.0 Å². The highest BCUT2D eigenvalue weighted by Crippen LogP contribution is 2.16. The molecule has 1 aromatic carbocycles. The molecule has 1 aromatic heterocycles. The van der Waals surface area contributed by atoms with Crippen molar-refractivity contribution in [2.24, 2.45) is 4.99 Å². The Bertz CT molecular complexity index is 711. The molecular weight excluding hydrogens is 453 g/mol. The first-order valence-electron chi connectivity index (χ1n) is 7.68. The van der Waals surface area contributed by atoms with Crippen LogP contribution in [0.2, 0.25) is 0 Å². The highest BCUT2D eigenvalue weighted by molar-refractivity contribution is 14.0. The van der Waals surface area contributed by atoms with Gasteiger partial charge in [-0.1, -0.05) is 12.1 Å². The van der Waals surface area contributed by atoms with Crippen molar-refractivity contribution >= 4 is 47.0 Å². The molecule has 0 saturated heterocycles. The van der Waals surface area contributed by atoms with Crippen molar-refractivity contribution in [2.45, 2.75) is 33.9 Å². The van der Waals surface area contributed by atoms with Crippen LogP contribution in [0.15, 0.2) is 29.3 Å². The van der Waals surface area contributed by atoms with Gasteiger partial charge in [-0.2, -0.15) is 0 Å². The number of halogens is 1. The molecule has 136 valence electrons. The predicted molar refractivity (Wildman–Crippen MR) is 112 cm³/mol. The van der Waals surface area contributed by atoms with Crippen LogP contribution in [0, 0.1) is 24.0 Å². The zero-order chi connectivity index (χ0) is 17.5. The quantitative estimate of drug-likeness (QED) is 0.219. The van der Waals surface area contributed by atoms with Gasteiger partial charge < -0.3 is 10.6 Å². The van der Waals surface area contributed by atoms with E-state index in [2.05, 4.69) is 27.5 Å². The van der Waals surface area contributed by atoms with Gasteiger partial charge in [0.2, 0.25) is 0 Å². The number of nitro groups is 1. The molecule has 2 N–H and O–H groups in total. The molecule has 25 heavy (non-hydrogen) atoms. The minimum atomic E-state index is -0.406. The van der Waals surface area contributed by atoms with Gasteiger partial charge in [0.1, 0.15) is 5.01 Å². The zero-order valence-electron chi connectivity index (χ0n) is 14.4. The Kier molecular flexibility index (Phi) is 8.76. The third-order valence-electron chi connectivity index (χ3n) is 3.39. The summed E-state index contributed by atoms with van der Waals surface area (Å²) in [4.78, 5) is 20.5. The van der Waals surface area contributed by atoms with Crippen molar-refractivity contribution in [3.05, 3.63) is 55.5 Å². The van der Waals surface area contributed by atoms with E-state index in [4.69, 9.17) is 0 Å². The van der Waals surface area contributed by atoms with Gasteiger partial charge in [0.25, 0.3) is 5.69 Å². The summed E-state index contributed by atoms with van der Waals surface area (Å²) >= 11 is 1.67. The lowest BCUT2D eigenvalue weighted by Crippen LogP contribution is -2.36. The molecule has 0 amide bonds. The Labute approximate surface area is 168 Å². The molecule has 0 fully saturated rings. The molecule has 0 aliphatic heterocycles. The molecule has 0 aliphatic carbocycles. The van der Waals surface area contributed by atoms with Gasteiger partial charge in [-0.15, -0.1) is 35.3 Å². The molecule has 7 nitrogen and oxygen atoms in total. The maximum Gasteiger partial charge on any atom is 0.269 e. The lowest BCUT2D eigenvalue weighted by molar-refractivity contribution is -0.384. The second kappa shape index (κ2) is 10.3. The number of non-ortho nitro benzene ring substituents is 1. The first-order chi connectivity index (χ1) is 11.5. The first kappa shape index (κ1) is 21.3. The highest BCUT2D eigenvalue weighted by Gasteiger charge is 2.06. The number of hydrogen-bond donors (Lipinski definition) is 2. The van der Waals surface area contributed by atoms with Crippen molar-refractivity contribution in [1.29, 1.82) is 0 Å². The van der Waals surface area contributed by atoms with E-state index in [-0.39, 0.29) is 29.7 Å². The summed E-state index contributed by atoms with van der Waals surface area (Å²) in [7, 11) is 0. The number of rotatable bonds is 6. The molecule has 2 rings (SSSR count). The van der Waals surface area contributed by atoms with Gasteiger partial charge in [0.05, 0.1) is 23.7 Å². The number of thiazole rings is 1. The zero-order valence-corrected chi connectivity index (χ0v) is 17.6. The van der Waals surface area contributed by atoms with Crippen molar-refractivity contribution < 1.29 is 4.92 Å². The second-order valence-electron chi connectivity index (χ2n) is 5.22. The number of nitrogens with zero attached hydrogens (tertiary/aromatic N) is 3. The van der Waals surface area contributed by atoms with Gasteiger partial charge in [0, 0.05) is 23.6 Å². The van der Waals surface area contributed by atoms with Crippen LogP contribution in [0.1, 0.15) is 28.1 Å². The van der Waals surface area contributed by atoms with E-state index in [1.807, 2.05) is 13.8 Å². The molecule has 1 heterocycles. The maximum atomic E-state index is 10.7. The number of hydrogen-bond acceptors (Lipinski definition) is 5. The summed E-state index contributed by atoms with van der Waals surface area (Å²) < 4.78 is 0. The molecular formula is C16H22IN5O2S. The van der Waals surface area contributed by atoms with Crippen LogP contribution in [0.4, 0.5) is 5.69 Å². The third-order valence-corrected chi connectivity index (χ3v) is 4.46. The Morgan fingerprint density at radius 3 is 2.48 bits per heavy atom. The molecule has 0 unspecified atom stereocenters. The highest BCUT2D eigenvalue weighted by atomic mass is 127. The third kappa shape index (κ3) is 6.58. The summed E-state index contributed by atoms with van der Waals surface area (Å²) in [5.41, 5.74) is 2.06. The standard InChI is InChI=1S/C16H21N5O2S.HI/c1-4-17-16(19-10-15-20-11(2)12(3)24-15)18-9-13-5-7-14(8-6-13)21(22)23;/h5-8H,4,9-10H2,1-3H3,(H2,17,18,19);1H. The number of aliphatic imine (C=N–C) groups is 1. The van der Waals surface area contributed by atoms with Gasteiger partial charge in [0.15, 0.2) is 5.96 Å². The number of benzene rings is 1. The number of aromatic nitrogens is 1. The van der Waals surface area contributed by atoms with Crippen LogP contribution in [0.25, 0.3) is 0 Å². The van der Waals surface area contributed by atoms with E-state index in [1.54, 1.807) is 23.5 Å². The van der Waals surface area contributed by atoms with E-state index in [0.717, 1.165) is 22.8 Å².